The van der Waals surface area contributed by atoms with Gasteiger partial charge in [-0.15, -0.1) is 0 Å². The van der Waals surface area contributed by atoms with Crippen LogP contribution >= 0.6 is 0 Å². The van der Waals surface area contributed by atoms with Gasteiger partial charge in [0.15, 0.2) is 5.78 Å². The number of para-hydroxylation sites is 1. The highest BCUT2D eigenvalue weighted by molar-refractivity contribution is 5.95. The van der Waals surface area contributed by atoms with E-state index in [9.17, 15) is 4.79 Å². The lowest BCUT2D eigenvalue weighted by Crippen LogP contribution is -2.12. The Bertz CT molecular complexity index is 1300. The fourth-order valence-corrected chi connectivity index (χ4v) is 4.95. The van der Waals surface area contributed by atoms with E-state index in [-0.39, 0.29) is 5.78 Å². The second-order valence-corrected chi connectivity index (χ2v) is 11.1. The molecule has 1 fully saturated rings. The molecule has 1 heterocycles. The molecule has 1 aliphatic rings. The summed E-state index contributed by atoms with van der Waals surface area (Å²) in [5.41, 5.74) is 4.31. The van der Waals surface area contributed by atoms with Crippen LogP contribution in [-0.4, -0.2) is 29.8 Å². The Morgan fingerprint density at radius 1 is 0.769 bits per heavy atom. The third kappa shape index (κ3) is 9.62. The average Bonchev–Trinajstić information content (AvgIpc) is 2.94. The maximum absolute atomic E-state index is 11.5. The zero-order chi connectivity index (χ0) is 28.2. The highest BCUT2D eigenvalue weighted by Gasteiger charge is 2.13. The SMILES string of the molecule is CC(=O)c1ccccc1CCc1ccccc1.CC1CCC(C)CC1.Cc1nc(N(C)C)c2ccccc2n1. The molecule has 206 valence electrons. The van der Waals surface area contributed by atoms with Crippen molar-refractivity contribution in [3.05, 3.63) is 101 Å². The molecule has 1 aromatic heterocycles. The van der Waals surface area contributed by atoms with Crippen LogP contribution in [0.25, 0.3) is 10.9 Å². The summed E-state index contributed by atoms with van der Waals surface area (Å²) in [7, 11) is 3.99. The van der Waals surface area contributed by atoms with Gasteiger partial charge in [-0.05, 0) is 61.8 Å². The van der Waals surface area contributed by atoms with Crippen molar-refractivity contribution >= 4 is 22.5 Å². The van der Waals surface area contributed by atoms with Crippen molar-refractivity contribution in [1.82, 2.24) is 9.97 Å². The molecule has 0 radical (unpaired) electrons. The lowest BCUT2D eigenvalue weighted by atomic mass is 9.84. The summed E-state index contributed by atoms with van der Waals surface area (Å²) >= 11 is 0. The van der Waals surface area contributed by atoms with Gasteiger partial charge in [-0.2, -0.15) is 0 Å². The van der Waals surface area contributed by atoms with E-state index in [1.54, 1.807) is 6.92 Å². The van der Waals surface area contributed by atoms with Crippen LogP contribution in [0.3, 0.4) is 0 Å². The molecule has 0 aliphatic heterocycles. The van der Waals surface area contributed by atoms with E-state index >= 15 is 0 Å². The van der Waals surface area contributed by atoms with Gasteiger partial charge in [0.05, 0.1) is 5.52 Å². The highest BCUT2D eigenvalue weighted by Crippen LogP contribution is 2.27. The van der Waals surface area contributed by atoms with Crippen LogP contribution < -0.4 is 4.90 Å². The van der Waals surface area contributed by atoms with Gasteiger partial charge in [0.25, 0.3) is 0 Å². The molecule has 0 atom stereocenters. The number of Topliss-reactive ketones (excluding diaryl/α,β-unsaturated/α-hetero) is 1. The van der Waals surface area contributed by atoms with Crippen molar-refractivity contribution in [2.45, 2.75) is 66.2 Å². The van der Waals surface area contributed by atoms with Gasteiger partial charge in [0, 0.05) is 25.0 Å². The first-order valence-corrected chi connectivity index (χ1v) is 14.3. The number of carbonyl (C=O) groups is 1. The number of aromatic nitrogens is 2. The van der Waals surface area contributed by atoms with Gasteiger partial charge in [0.2, 0.25) is 0 Å². The van der Waals surface area contributed by atoms with E-state index in [0.717, 1.165) is 58.3 Å². The van der Waals surface area contributed by atoms with Crippen molar-refractivity contribution in [2.24, 2.45) is 11.8 Å². The Balaban J connectivity index is 0.000000172. The molecule has 0 N–H and O–H groups in total. The van der Waals surface area contributed by atoms with E-state index < -0.39 is 0 Å². The van der Waals surface area contributed by atoms with Crippen molar-refractivity contribution in [1.29, 1.82) is 0 Å². The predicted octanol–water partition coefficient (Wildman–Crippen LogP) is 8.51. The molecule has 0 amide bonds. The molecule has 0 unspecified atom stereocenters. The molecule has 0 saturated heterocycles. The fourth-order valence-electron chi connectivity index (χ4n) is 4.95. The Morgan fingerprint density at radius 2 is 1.33 bits per heavy atom. The summed E-state index contributed by atoms with van der Waals surface area (Å²) in [6.07, 6.45) is 7.79. The molecule has 1 aliphatic carbocycles. The number of nitrogens with zero attached hydrogens (tertiary/aromatic N) is 3. The molecular weight excluding hydrogens is 478 g/mol. The third-order valence-electron chi connectivity index (χ3n) is 7.35. The van der Waals surface area contributed by atoms with E-state index in [2.05, 4.69) is 35.9 Å². The van der Waals surface area contributed by atoms with Crippen LogP contribution in [0.1, 0.15) is 73.8 Å². The lowest BCUT2D eigenvalue weighted by molar-refractivity contribution is 0.101. The zero-order valence-electron chi connectivity index (χ0n) is 24.7. The second kappa shape index (κ2) is 15.2. The van der Waals surface area contributed by atoms with E-state index in [1.807, 2.05) is 92.6 Å². The maximum atomic E-state index is 11.5. The number of benzene rings is 3. The molecule has 0 bridgehead atoms. The number of ketones is 1. The van der Waals surface area contributed by atoms with E-state index in [1.165, 1.54) is 31.2 Å². The third-order valence-corrected chi connectivity index (χ3v) is 7.35. The summed E-state index contributed by atoms with van der Waals surface area (Å²) in [6, 6.07) is 26.3. The molecule has 1 saturated carbocycles. The van der Waals surface area contributed by atoms with Crippen LogP contribution in [0.5, 0.6) is 0 Å². The first-order valence-electron chi connectivity index (χ1n) is 14.3. The Hall–Kier alpha value is -3.53. The van der Waals surface area contributed by atoms with Crippen LogP contribution in [0, 0.1) is 18.8 Å². The minimum Gasteiger partial charge on any atom is -0.362 e. The number of anilines is 1. The summed E-state index contributed by atoms with van der Waals surface area (Å²) in [5.74, 6) is 3.98. The summed E-state index contributed by atoms with van der Waals surface area (Å²) in [5, 5.41) is 1.10. The molecule has 39 heavy (non-hydrogen) atoms. The van der Waals surface area contributed by atoms with Gasteiger partial charge in [-0.25, -0.2) is 9.97 Å². The van der Waals surface area contributed by atoms with Gasteiger partial charge >= 0.3 is 0 Å². The first kappa shape index (κ1) is 30.0. The molecule has 0 spiro atoms. The number of aryl methyl sites for hydroxylation is 3. The van der Waals surface area contributed by atoms with Crippen molar-refractivity contribution < 1.29 is 4.79 Å². The first-order chi connectivity index (χ1) is 18.7. The molecule has 3 aromatic carbocycles. The second-order valence-electron chi connectivity index (χ2n) is 11.1. The van der Waals surface area contributed by atoms with Crippen LogP contribution in [0.4, 0.5) is 5.82 Å². The fraction of sp³-hybridized carbons (Fsp3) is 0.400. The van der Waals surface area contributed by atoms with Crippen LogP contribution in [0.15, 0.2) is 78.9 Å². The van der Waals surface area contributed by atoms with Gasteiger partial charge in [-0.3, -0.25) is 4.79 Å². The van der Waals surface area contributed by atoms with Gasteiger partial charge in [0.1, 0.15) is 11.6 Å². The molecule has 4 heteroatoms. The molecule has 4 nitrogen and oxygen atoms in total. The minimum atomic E-state index is 0.147. The largest absolute Gasteiger partial charge is 0.362 e. The minimum absolute atomic E-state index is 0.147. The van der Waals surface area contributed by atoms with Crippen LogP contribution in [0.2, 0.25) is 0 Å². The van der Waals surface area contributed by atoms with Crippen molar-refractivity contribution in [3.63, 3.8) is 0 Å². The predicted molar refractivity (Wildman–Crippen MR) is 166 cm³/mol. The summed E-state index contributed by atoms with van der Waals surface area (Å²) in [4.78, 5) is 22.3. The lowest BCUT2D eigenvalue weighted by Gasteiger charge is -2.22. The normalized spacial score (nSPS) is 16.4. The molecule has 5 rings (SSSR count). The number of hydrogen-bond donors (Lipinski definition) is 0. The number of rotatable bonds is 5. The quantitative estimate of drug-likeness (QED) is 0.246. The number of fused-ring (bicyclic) bond motifs is 1. The van der Waals surface area contributed by atoms with Gasteiger partial charge in [-0.1, -0.05) is 106 Å². The number of hydrogen-bond acceptors (Lipinski definition) is 4. The Kier molecular flexibility index (Phi) is 11.7. The van der Waals surface area contributed by atoms with Gasteiger partial charge < -0.3 is 4.90 Å². The van der Waals surface area contributed by atoms with E-state index in [4.69, 9.17) is 0 Å². The Labute approximate surface area is 235 Å². The monoisotopic (exact) mass is 523 g/mol. The molecular formula is C35H45N3O. The Morgan fingerprint density at radius 3 is 1.95 bits per heavy atom. The van der Waals surface area contributed by atoms with E-state index in [0.29, 0.717) is 0 Å². The summed E-state index contributed by atoms with van der Waals surface area (Å²) in [6.45, 7) is 8.28. The maximum Gasteiger partial charge on any atom is 0.160 e. The highest BCUT2D eigenvalue weighted by atomic mass is 16.1. The molecule has 4 aromatic rings. The van der Waals surface area contributed by atoms with Crippen LogP contribution in [-0.2, 0) is 12.8 Å². The van der Waals surface area contributed by atoms with Crippen molar-refractivity contribution in [2.75, 3.05) is 19.0 Å². The topological polar surface area (TPSA) is 46.1 Å². The zero-order valence-corrected chi connectivity index (χ0v) is 24.7. The van der Waals surface area contributed by atoms with Crippen molar-refractivity contribution in [3.8, 4) is 0 Å². The summed E-state index contributed by atoms with van der Waals surface area (Å²) < 4.78 is 0. The smallest absolute Gasteiger partial charge is 0.160 e. The standard InChI is InChI=1S/C16H16O.C11H13N3.C8H16/c1-13(17)16-10-6-5-9-15(16)12-11-14-7-3-2-4-8-14;1-8-12-10-7-5-4-6-9(10)11(13-8)14(2)3;1-7-3-5-8(2)6-4-7/h2-10H,11-12H2,1H3;4-7H,1-3H3;7-8H,3-6H2,1-2H3. The number of carbonyl (C=O) groups excluding carboxylic acids is 1. The average molecular weight is 524 g/mol.